The molecule has 2 heterocycles. The van der Waals surface area contributed by atoms with E-state index in [-0.39, 0.29) is 32.4 Å². The van der Waals surface area contributed by atoms with Crippen molar-refractivity contribution < 1.29 is 54.4 Å². The number of nitrogens with one attached hydrogen (secondary N) is 1. The summed E-state index contributed by atoms with van der Waals surface area (Å²) in [4.78, 5) is 12.4. The van der Waals surface area contributed by atoms with E-state index in [9.17, 15) is 35.4 Å². The first-order valence-electron chi connectivity index (χ1n) is 12.4. The smallest absolute Gasteiger partial charge is 0.249 e. The van der Waals surface area contributed by atoms with Gasteiger partial charge in [0.1, 0.15) is 42.7 Å². The number of rotatable bonds is 10. The first kappa shape index (κ1) is 30.5. The zero-order valence-corrected chi connectivity index (χ0v) is 20.4. The van der Waals surface area contributed by atoms with E-state index < -0.39 is 98.2 Å². The lowest BCUT2D eigenvalue weighted by Gasteiger charge is -2.47. The second-order valence-electron chi connectivity index (χ2n) is 9.75. The Balaban J connectivity index is 1.82. The summed E-state index contributed by atoms with van der Waals surface area (Å²) in [5, 5.41) is 63.8. The first-order chi connectivity index (χ1) is 17.5. The number of aliphatic hydroxyl groups is 6. The van der Waals surface area contributed by atoms with E-state index in [0.717, 1.165) is 0 Å². The van der Waals surface area contributed by atoms with Crippen LogP contribution in [0.4, 0.5) is 0 Å². The molecule has 14 atom stereocenters. The summed E-state index contributed by atoms with van der Waals surface area (Å²) < 4.78 is 23.0. The van der Waals surface area contributed by atoms with Gasteiger partial charge in [-0.05, 0) is 19.4 Å². The minimum Gasteiger partial charge on any atom is -0.394 e. The fourth-order valence-corrected chi connectivity index (χ4v) is 4.79. The molecule has 1 amide bonds. The third-order valence-corrected chi connectivity index (χ3v) is 7.02. The average Bonchev–Trinajstić information content (AvgIpc) is 3.14. The van der Waals surface area contributed by atoms with Crippen molar-refractivity contribution in [1.82, 2.24) is 5.32 Å². The van der Waals surface area contributed by atoms with E-state index in [1.54, 1.807) is 0 Å². The summed E-state index contributed by atoms with van der Waals surface area (Å²) in [6.45, 7) is -0.457. The largest absolute Gasteiger partial charge is 0.394 e. The molecule has 0 aromatic heterocycles. The molecular weight excluding hydrogens is 498 g/mol. The summed E-state index contributed by atoms with van der Waals surface area (Å²) in [5.74, 6) is -0.778. The Labute approximate surface area is 213 Å². The van der Waals surface area contributed by atoms with Gasteiger partial charge < -0.3 is 77.8 Å². The van der Waals surface area contributed by atoms with Crippen molar-refractivity contribution in [2.75, 3.05) is 19.7 Å². The molecule has 37 heavy (non-hydrogen) atoms. The zero-order valence-electron chi connectivity index (χ0n) is 20.4. The van der Waals surface area contributed by atoms with Gasteiger partial charge in [-0.1, -0.05) is 0 Å². The number of hydrogen-bond donors (Lipinski definition) is 11. The summed E-state index contributed by atoms with van der Waals surface area (Å²) in [7, 11) is 0. The van der Waals surface area contributed by atoms with Gasteiger partial charge >= 0.3 is 0 Å². The predicted octanol–water partition coefficient (Wildman–Crippen LogP) is -6.76. The number of carbonyl (C=O) groups is 1. The minimum absolute atomic E-state index is 0.00352. The highest BCUT2D eigenvalue weighted by Crippen LogP contribution is 2.32. The Bertz CT molecular complexity index is 741. The van der Waals surface area contributed by atoms with E-state index in [2.05, 4.69) is 5.32 Å². The highest BCUT2D eigenvalue weighted by molar-refractivity contribution is 5.80. The van der Waals surface area contributed by atoms with Crippen LogP contribution in [0.1, 0.15) is 19.3 Å². The minimum atomic E-state index is -1.58. The van der Waals surface area contributed by atoms with Gasteiger partial charge in [-0.25, -0.2) is 0 Å². The van der Waals surface area contributed by atoms with E-state index in [1.807, 2.05) is 0 Å². The topological polar surface area (TPSA) is 291 Å². The fourth-order valence-electron chi connectivity index (χ4n) is 4.79. The summed E-state index contributed by atoms with van der Waals surface area (Å²) in [5.41, 5.74) is 23.5. The third kappa shape index (κ3) is 6.92. The molecule has 15 N–H and O–H groups in total. The Morgan fingerprint density at radius 2 is 1.65 bits per heavy atom. The number of amides is 1. The van der Waals surface area contributed by atoms with Gasteiger partial charge in [0.05, 0.1) is 30.9 Å². The summed E-state index contributed by atoms with van der Waals surface area (Å²) in [6.07, 6.45) is -13.7. The predicted molar refractivity (Wildman–Crippen MR) is 124 cm³/mol. The van der Waals surface area contributed by atoms with Gasteiger partial charge in [-0.3, -0.25) is 4.79 Å². The van der Waals surface area contributed by atoms with Gasteiger partial charge in [0.25, 0.3) is 0 Å². The lowest BCUT2D eigenvalue weighted by Crippen LogP contribution is -2.67. The van der Waals surface area contributed by atoms with Gasteiger partial charge in [-0.15, -0.1) is 0 Å². The molecule has 0 spiro atoms. The van der Waals surface area contributed by atoms with Crippen LogP contribution in [-0.4, -0.2) is 142 Å². The molecule has 0 aromatic carbocycles. The average molecular weight is 540 g/mol. The molecule has 16 nitrogen and oxygen atoms in total. The molecule has 2 saturated heterocycles. The second kappa shape index (κ2) is 13.3. The molecule has 1 unspecified atom stereocenters. The second-order valence-corrected chi connectivity index (χ2v) is 9.75. The standard InChI is InChI=1S/C21H41N5O11/c22-2-1-10(28)19(33)26-9-4-8(24)17(36-20-13(25)11(29)3-7(5-23)34-20)18(14(9)30)37-21-16(32)15(31)12(6-27)35-21/h7-18,20-21,27-32H,1-6,22-25H2,(H,26,33)/t7-,8-,9+,10?,11-,12+,13+,14-,15-,16+,17+,18+,20+,21-/m0/s1. The molecule has 3 aliphatic rings. The van der Waals surface area contributed by atoms with Crippen molar-refractivity contribution in [3.05, 3.63) is 0 Å². The van der Waals surface area contributed by atoms with Crippen LogP contribution in [0.2, 0.25) is 0 Å². The Morgan fingerprint density at radius 3 is 2.24 bits per heavy atom. The van der Waals surface area contributed by atoms with Crippen molar-refractivity contribution >= 4 is 5.91 Å². The first-order valence-corrected chi connectivity index (χ1v) is 12.4. The number of ether oxygens (including phenoxy) is 4. The molecule has 3 fully saturated rings. The zero-order chi connectivity index (χ0) is 27.4. The number of nitrogens with two attached hydrogens (primary N) is 4. The van der Waals surface area contributed by atoms with Crippen molar-refractivity contribution in [3.63, 3.8) is 0 Å². The fraction of sp³-hybridized carbons (Fsp3) is 0.952. The Hall–Kier alpha value is -1.09. The van der Waals surface area contributed by atoms with Gasteiger partial charge in [0.15, 0.2) is 12.6 Å². The van der Waals surface area contributed by atoms with Crippen LogP contribution in [0, 0.1) is 0 Å². The molecule has 3 rings (SSSR count). The van der Waals surface area contributed by atoms with Crippen LogP contribution in [0.15, 0.2) is 0 Å². The van der Waals surface area contributed by atoms with E-state index >= 15 is 0 Å². The molecule has 0 bridgehead atoms. The van der Waals surface area contributed by atoms with Crippen LogP contribution in [0.25, 0.3) is 0 Å². The molecule has 216 valence electrons. The van der Waals surface area contributed by atoms with Gasteiger partial charge in [-0.2, -0.15) is 0 Å². The molecule has 1 aliphatic carbocycles. The van der Waals surface area contributed by atoms with Gasteiger partial charge in [0, 0.05) is 19.0 Å². The molecular formula is C21H41N5O11. The third-order valence-electron chi connectivity index (χ3n) is 7.02. The maximum Gasteiger partial charge on any atom is 0.249 e. The van der Waals surface area contributed by atoms with E-state index in [4.69, 9.17) is 41.9 Å². The normalized spacial score (nSPS) is 45.5. The SMILES string of the molecule is NCCC(O)C(=O)N[C@@H]1C[C@H](N)[C@@H](O[C@H]2O[C@H](CN)C[C@H](O)[C@H]2N)[C@H](O[C@@H]2O[C@H](CO)[C@H](O)[C@H]2O)[C@H]1O. The highest BCUT2D eigenvalue weighted by Gasteiger charge is 2.52. The van der Waals surface area contributed by atoms with Crippen molar-refractivity contribution in [2.24, 2.45) is 22.9 Å². The quantitative estimate of drug-likeness (QED) is 0.123. The molecule has 0 aromatic rings. The number of aliphatic hydroxyl groups excluding tert-OH is 6. The molecule has 0 radical (unpaired) electrons. The van der Waals surface area contributed by atoms with Crippen molar-refractivity contribution in [2.45, 2.75) is 105 Å². The number of hydrogen-bond acceptors (Lipinski definition) is 15. The lowest BCUT2D eigenvalue weighted by molar-refractivity contribution is -0.294. The van der Waals surface area contributed by atoms with Gasteiger partial charge in [0.2, 0.25) is 5.91 Å². The monoisotopic (exact) mass is 539 g/mol. The summed E-state index contributed by atoms with van der Waals surface area (Å²) in [6, 6.07) is -2.90. The Kier molecular flexibility index (Phi) is 11.0. The maximum atomic E-state index is 12.4. The highest BCUT2D eigenvalue weighted by atomic mass is 16.7. The van der Waals surface area contributed by atoms with E-state index in [1.165, 1.54) is 0 Å². The lowest BCUT2D eigenvalue weighted by atomic mass is 9.83. The van der Waals surface area contributed by atoms with Crippen molar-refractivity contribution in [1.29, 1.82) is 0 Å². The number of carbonyl (C=O) groups excluding carboxylic acids is 1. The Morgan fingerprint density at radius 1 is 0.973 bits per heavy atom. The van der Waals surface area contributed by atoms with Crippen LogP contribution in [0.5, 0.6) is 0 Å². The molecule has 2 aliphatic heterocycles. The van der Waals surface area contributed by atoms with E-state index in [0.29, 0.717) is 0 Å². The maximum absolute atomic E-state index is 12.4. The van der Waals surface area contributed by atoms with Crippen LogP contribution in [-0.2, 0) is 23.7 Å². The van der Waals surface area contributed by atoms with Crippen LogP contribution in [0.3, 0.4) is 0 Å². The molecule has 1 saturated carbocycles. The van der Waals surface area contributed by atoms with Crippen LogP contribution >= 0.6 is 0 Å². The molecule has 16 heteroatoms. The summed E-state index contributed by atoms with van der Waals surface area (Å²) >= 11 is 0. The van der Waals surface area contributed by atoms with Crippen molar-refractivity contribution in [3.8, 4) is 0 Å². The van der Waals surface area contributed by atoms with Crippen LogP contribution < -0.4 is 28.3 Å².